The van der Waals surface area contributed by atoms with Crippen LogP contribution in [0.5, 0.6) is 0 Å². The minimum atomic E-state index is -4.45. The molecule has 8 heteroatoms. The number of hydrogen-bond acceptors (Lipinski definition) is 3. The number of halogens is 3. The second-order valence-corrected chi connectivity index (χ2v) is 8.14. The van der Waals surface area contributed by atoms with Gasteiger partial charge in [-0.25, -0.2) is 4.98 Å². The number of imidazole rings is 1. The predicted octanol–water partition coefficient (Wildman–Crippen LogP) is 4.74. The van der Waals surface area contributed by atoms with E-state index in [2.05, 4.69) is 4.98 Å². The summed E-state index contributed by atoms with van der Waals surface area (Å²) >= 11 is 0. The second kappa shape index (κ2) is 8.69. The molecule has 0 aliphatic heterocycles. The number of carbonyl (C=O) groups is 2. The summed E-state index contributed by atoms with van der Waals surface area (Å²) in [5.41, 5.74) is 1.32. The van der Waals surface area contributed by atoms with E-state index < -0.39 is 30.6 Å². The van der Waals surface area contributed by atoms with E-state index >= 15 is 0 Å². The summed E-state index contributed by atoms with van der Waals surface area (Å²) in [5, 5.41) is 0. The van der Waals surface area contributed by atoms with Crippen LogP contribution in [-0.4, -0.2) is 44.7 Å². The number of ketones is 1. The van der Waals surface area contributed by atoms with Gasteiger partial charge in [-0.2, -0.15) is 13.2 Å². The molecule has 0 radical (unpaired) electrons. The van der Waals surface area contributed by atoms with Crippen molar-refractivity contribution in [3.05, 3.63) is 60.1 Å². The van der Waals surface area contributed by atoms with Gasteiger partial charge < -0.3 is 4.90 Å². The Labute approximate surface area is 178 Å². The van der Waals surface area contributed by atoms with Gasteiger partial charge in [0.05, 0.1) is 6.20 Å². The van der Waals surface area contributed by atoms with Crippen LogP contribution in [0, 0.1) is 5.92 Å². The second-order valence-electron chi connectivity index (χ2n) is 8.14. The van der Waals surface area contributed by atoms with Crippen LogP contribution in [0.15, 0.2) is 54.4 Å². The number of pyridine rings is 1. The summed E-state index contributed by atoms with van der Waals surface area (Å²) in [7, 11) is 0. The maximum absolute atomic E-state index is 13.2. The summed E-state index contributed by atoms with van der Waals surface area (Å²) in [4.78, 5) is 31.1. The summed E-state index contributed by atoms with van der Waals surface area (Å²) in [6, 6.07) is 5.04. The standard InChI is InChI=1S/C23H24F3N3O2/c24-23(25,26)15-29(18-6-2-1-3-7-18)22(31)17-11-9-16(10-12-17)21(30)19-14-27-20-8-4-5-13-28(19)20/h4-5,8-9,11-14,16,18H,1-3,6-7,10,15H2. The first-order valence-corrected chi connectivity index (χ1v) is 10.6. The van der Waals surface area contributed by atoms with Gasteiger partial charge in [-0.1, -0.05) is 43.6 Å². The van der Waals surface area contributed by atoms with Crippen LogP contribution in [-0.2, 0) is 4.79 Å². The first-order chi connectivity index (χ1) is 14.8. The number of hydrogen-bond donors (Lipinski definition) is 0. The van der Waals surface area contributed by atoms with E-state index in [-0.39, 0.29) is 17.8 Å². The number of amides is 1. The van der Waals surface area contributed by atoms with Crippen LogP contribution < -0.4 is 0 Å². The normalized spacial score (nSPS) is 20.0. The molecule has 1 fully saturated rings. The molecule has 0 aromatic carbocycles. The van der Waals surface area contributed by atoms with Gasteiger partial charge in [0, 0.05) is 23.7 Å². The van der Waals surface area contributed by atoms with Gasteiger partial charge in [0.2, 0.25) is 0 Å². The highest BCUT2D eigenvalue weighted by Gasteiger charge is 2.38. The van der Waals surface area contributed by atoms with E-state index in [0.29, 0.717) is 24.2 Å². The Morgan fingerprint density at radius 2 is 1.94 bits per heavy atom. The van der Waals surface area contributed by atoms with Gasteiger partial charge in [0.25, 0.3) is 5.91 Å². The van der Waals surface area contributed by atoms with Crippen LogP contribution in [0.4, 0.5) is 13.2 Å². The van der Waals surface area contributed by atoms with Gasteiger partial charge in [-0.15, -0.1) is 0 Å². The van der Waals surface area contributed by atoms with E-state index in [4.69, 9.17) is 0 Å². The van der Waals surface area contributed by atoms with Crippen molar-refractivity contribution in [3.8, 4) is 0 Å². The van der Waals surface area contributed by atoms with E-state index in [0.717, 1.165) is 24.2 Å². The zero-order valence-corrected chi connectivity index (χ0v) is 17.0. The number of alkyl halides is 3. The third-order valence-electron chi connectivity index (χ3n) is 5.98. The average Bonchev–Trinajstić information content (AvgIpc) is 3.21. The van der Waals surface area contributed by atoms with Gasteiger partial charge in [0.1, 0.15) is 17.9 Å². The Hall–Kier alpha value is -2.90. The molecule has 0 saturated heterocycles. The zero-order valence-electron chi connectivity index (χ0n) is 17.0. The van der Waals surface area contributed by atoms with E-state index in [1.165, 1.54) is 12.3 Å². The molecule has 2 heterocycles. The lowest BCUT2D eigenvalue weighted by Gasteiger charge is -2.35. The summed E-state index contributed by atoms with van der Waals surface area (Å²) in [5.74, 6) is -1.24. The molecule has 1 amide bonds. The number of fused-ring (bicyclic) bond motifs is 1. The van der Waals surface area contributed by atoms with Crippen molar-refractivity contribution >= 4 is 17.3 Å². The third-order valence-corrected chi connectivity index (χ3v) is 5.98. The molecule has 1 atom stereocenters. The summed E-state index contributed by atoms with van der Waals surface area (Å²) < 4.78 is 41.2. The summed E-state index contributed by atoms with van der Waals surface area (Å²) in [6.45, 7) is -1.24. The zero-order chi connectivity index (χ0) is 22.0. The SMILES string of the molecule is O=C(c1cnc2ccccn12)C1C=CC(C(=O)N(CC(F)(F)F)C2CCCCC2)=CC1. The van der Waals surface area contributed by atoms with Crippen molar-refractivity contribution in [2.75, 3.05) is 6.54 Å². The predicted molar refractivity (Wildman–Crippen MR) is 109 cm³/mol. The maximum atomic E-state index is 13.2. The molecule has 2 aliphatic carbocycles. The van der Waals surface area contributed by atoms with Gasteiger partial charge >= 0.3 is 6.18 Å². The quantitative estimate of drug-likeness (QED) is 0.643. The van der Waals surface area contributed by atoms with Crippen LogP contribution in [0.2, 0.25) is 0 Å². The molecular weight excluding hydrogens is 407 g/mol. The lowest BCUT2D eigenvalue weighted by Crippen LogP contribution is -2.47. The Morgan fingerprint density at radius 1 is 1.16 bits per heavy atom. The fraction of sp³-hybridized carbons (Fsp3) is 0.435. The van der Waals surface area contributed by atoms with Crippen molar-refractivity contribution in [2.45, 2.75) is 50.7 Å². The van der Waals surface area contributed by atoms with Crippen molar-refractivity contribution in [1.29, 1.82) is 0 Å². The Morgan fingerprint density at radius 3 is 2.61 bits per heavy atom. The molecule has 1 saturated carbocycles. The fourth-order valence-corrected chi connectivity index (χ4v) is 4.40. The Balaban J connectivity index is 1.49. The molecule has 2 aromatic heterocycles. The molecular formula is C23H24F3N3O2. The van der Waals surface area contributed by atoms with Crippen molar-refractivity contribution in [2.24, 2.45) is 5.92 Å². The molecule has 0 N–H and O–H groups in total. The van der Waals surface area contributed by atoms with Gasteiger partial charge in [-0.05, 0) is 31.4 Å². The number of aromatic nitrogens is 2. The highest BCUT2D eigenvalue weighted by Crippen LogP contribution is 2.29. The van der Waals surface area contributed by atoms with Crippen LogP contribution in [0.3, 0.4) is 0 Å². The molecule has 4 rings (SSSR count). The van der Waals surface area contributed by atoms with Crippen molar-refractivity contribution in [3.63, 3.8) is 0 Å². The molecule has 164 valence electrons. The Bertz CT molecular complexity index is 1030. The van der Waals surface area contributed by atoms with E-state index in [1.54, 1.807) is 34.9 Å². The van der Waals surface area contributed by atoms with Gasteiger partial charge in [-0.3, -0.25) is 14.0 Å². The molecule has 0 spiro atoms. The van der Waals surface area contributed by atoms with Crippen LogP contribution in [0.1, 0.15) is 49.0 Å². The third kappa shape index (κ3) is 4.73. The number of nitrogens with zero attached hydrogens (tertiary/aromatic N) is 3. The first-order valence-electron chi connectivity index (χ1n) is 10.6. The largest absolute Gasteiger partial charge is 0.406 e. The average molecular weight is 431 g/mol. The lowest BCUT2D eigenvalue weighted by atomic mass is 9.90. The maximum Gasteiger partial charge on any atom is 0.406 e. The molecule has 1 unspecified atom stereocenters. The van der Waals surface area contributed by atoms with E-state index in [9.17, 15) is 22.8 Å². The van der Waals surface area contributed by atoms with Crippen LogP contribution in [0.25, 0.3) is 5.65 Å². The molecule has 2 aromatic rings. The number of rotatable bonds is 5. The first kappa shape index (κ1) is 21.3. The molecule has 0 bridgehead atoms. The summed E-state index contributed by atoms with van der Waals surface area (Å²) in [6.07, 6.45) is 7.61. The fourth-order valence-electron chi connectivity index (χ4n) is 4.40. The minimum Gasteiger partial charge on any atom is -0.327 e. The topological polar surface area (TPSA) is 54.7 Å². The highest BCUT2D eigenvalue weighted by molar-refractivity contribution is 6.00. The molecule has 5 nitrogen and oxygen atoms in total. The lowest BCUT2D eigenvalue weighted by molar-refractivity contribution is -0.164. The molecule has 31 heavy (non-hydrogen) atoms. The van der Waals surface area contributed by atoms with Crippen molar-refractivity contribution in [1.82, 2.24) is 14.3 Å². The monoisotopic (exact) mass is 431 g/mol. The minimum absolute atomic E-state index is 0.142. The Kier molecular flexibility index (Phi) is 5.98. The highest BCUT2D eigenvalue weighted by atomic mass is 19.4. The van der Waals surface area contributed by atoms with E-state index in [1.807, 2.05) is 6.07 Å². The number of Topliss-reactive ketones (excluding diaryl/α,β-unsaturated/α-hetero) is 1. The number of allylic oxidation sites excluding steroid dienone is 2. The molecule has 2 aliphatic rings. The number of carbonyl (C=O) groups excluding carboxylic acids is 2. The van der Waals surface area contributed by atoms with Crippen LogP contribution >= 0.6 is 0 Å². The smallest absolute Gasteiger partial charge is 0.327 e. The van der Waals surface area contributed by atoms with Gasteiger partial charge in [0.15, 0.2) is 5.78 Å². The van der Waals surface area contributed by atoms with Crippen molar-refractivity contribution < 1.29 is 22.8 Å².